The second-order valence-corrected chi connectivity index (χ2v) is 5.34. The standard InChI is InChI=1S/C15H16F2N2O2S/c1-2-18-9-10-4-3-5-11(8-10)19-14(20)13-12(6-7-22-13)21-15(16)17/h3-8,15,18H,2,9H2,1H3,(H,19,20). The van der Waals surface area contributed by atoms with E-state index in [9.17, 15) is 13.6 Å². The molecular formula is C15H16F2N2O2S. The molecule has 0 atom stereocenters. The Hall–Kier alpha value is -1.99. The molecule has 0 aliphatic carbocycles. The molecule has 0 aliphatic rings. The molecule has 0 radical (unpaired) electrons. The van der Waals surface area contributed by atoms with Gasteiger partial charge in [0.05, 0.1) is 0 Å². The third-order valence-corrected chi connectivity index (χ3v) is 3.71. The molecule has 0 bridgehead atoms. The van der Waals surface area contributed by atoms with Crippen molar-refractivity contribution in [3.8, 4) is 5.75 Å². The van der Waals surface area contributed by atoms with Crippen LogP contribution in [0.3, 0.4) is 0 Å². The highest BCUT2D eigenvalue weighted by molar-refractivity contribution is 7.12. The lowest BCUT2D eigenvalue weighted by atomic mass is 10.2. The van der Waals surface area contributed by atoms with Crippen molar-refractivity contribution in [1.82, 2.24) is 5.32 Å². The Morgan fingerprint density at radius 3 is 2.91 bits per heavy atom. The van der Waals surface area contributed by atoms with Gasteiger partial charge in [0.15, 0.2) is 0 Å². The Balaban J connectivity index is 2.07. The maximum absolute atomic E-state index is 12.3. The van der Waals surface area contributed by atoms with Crippen molar-refractivity contribution in [1.29, 1.82) is 0 Å². The predicted octanol–water partition coefficient (Wildman–Crippen LogP) is 3.71. The third kappa shape index (κ3) is 4.51. The molecular weight excluding hydrogens is 310 g/mol. The van der Waals surface area contributed by atoms with Crippen LogP contribution in [0.2, 0.25) is 0 Å². The van der Waals surface area contributed by atoms with E-state index in [1.807, 2.05) is 25.1 Å². The minimum absolute atomic E-state index is 0.110. The number of carbonyl (C=O) groups is 1. The van der Waals surface area contributed by atoms with E-state index < -0.39 is 12.5 Å². The van der Waals surface area contributed by atoms with E-state index in [1.165, 1.54) is 11.4 Å². The van der Waals surface area contributed by atoms with Crippen molar-refractivity contribution < 1.29 is 18.3 Å². The molecule has 1 aromatic carbocycles. The Labute approximate surface area is 131 Å². The molecule has 0 spiro atoms. The van der Waals surface area contributed by atoms with Crippen LogP contribution in [0.15, 0.2) is 35.7 Å². The number of hydrogen-bond acceptors (Lipinski definition) is 4. The summed E-state index contributed by atoms with van der Waals surface area (Å²) in [6, 6.07) is 8.70. The topological polar surface area (TPSA) is 50.4 Å². The van der Waals surface area contributed by atoms with Gasteiger partial charge in [-0.2, -0.15) is 8.78 Å². The van der Waals surface area contributed by atoms with Gasteiger partial charge in [-0.25, -0.2) is 0 Å². The fourth-order valence-corrected chi connectivity index (χ4v) is 2.59. The summed E-state index contributed by atoms with van der Waals surface area (Å²) in [7, 11) is 0. The Morgan fingerprint density at radius 2 is 2.18 bits per heavy atom. The van der Waals surface area contributed by atoms with E-state index in [-0.39, 0.29) is 10.6 Å². The van der Waals surface area contributed by atoms with Crippen molar-refractivity contribution in [2.24, 2.45) is 0 Å². The fourth-order valence-electron chi connectivity index (χ4n) is 1.87. The zero-order valence-electron chi connectivity index (χ0n) is 11.9. The Bertz CT molecular complexity index is 632. The van der Waals surface area contributed by atoms with Crippen molar-refractivity contribution >= 4 is 22.9 Å². The Morgan fingerprint density at radius 1 is 1.36 bits per heavy atom. The second kappa shape index (κ2) is 7.86. The number of rotatable bonds is 7. The molecule has 1 aromatic heterocycles. The average Bonchev–Trinajstić information content (AvgIpc) is 2.93. The van der Waals surface area contributed by atoms with E-state index in [4.69, 9.17) is 0 Å². The molecule has 7 heteroatoms. The number of benzene rings is 1. The van der Waals surface area contributed by atoms with Gasteiger partial charge in [-0.05, 0) is 35.7 Å². The van der Waals surface area contributed by atoms with Crippen molar-refractivity contribution in [2.45, 2.75) is 20.1 Å². The van der Waals surface area contributed by atoms with Gasteiger partial charge in [0.1, 0.15) is 10.6 Å². The van der Waals surface area contributed by atoms with Crippen LogP contribution in [-0.4, -0.2) is 19.1 Å². The summed E-state index contributed by atoms with van der Waals surface area (Å²) in [6.07, 6.45) is 0. The highest BCUT2D eigenvalue weighted by Crippen LogP contribution is 2.27. The smallest absolute Gasteiger partial charge is 0.387 e. The van der Waals surface area contributed by atoms with Gasteiger partial charge >= 0.3 is 6.61 Å². The maximum Gasteiger partial charge on any atom is 0.387 e. The maximum atomic E-state index is 12.3. The number of anilines is 1. The van der Waals surface area contributed by atoms with Gasteiger partial charge < -0.3 is 15.4 Å². The lowest BCUT2D eigenvalue weighted by molar-refractivity contribution is -0.0498. The first kappa shape index (κ1) is 16.4. The van der Waals surface area contributed by atoms with Gasteiger partial charge in [0.2, 0.25) is 0 Å². The second-order valence-electron chi connectivity index (χ2n) is 4.43. The number of alkyl halides is 2. The van der Waals surface area contributed by atoms with Gasteiger partial charge in [-0.3, -0.25) is 4.79 Å². The number of hydrogen-bond donors (Lipinski definition) is 2. The molecule has 0 saturated carbocycles. The quantitative estimate of drug-likeness (QED) is 0.815. The Kier molecular flexibility index (Phi) is 5.85. The van der Waals surface area contributed by atoms with Gasteiger partial charge in [0, 0.05) is 12.2 Å². The van der Waals surface area contributed by atoms with Crippen molar-refractivity contribution in [2.75, 3.05) is 11.9 Å². The van der Waals surface area contributed by atoms with Gasteiger partial charge in [-0.15, -0.1) is 11.3 Å². The first-order valence-electron chi connectivity index (χ1n) is 6.73. The van der Waals surface area contributed by atoms with Crippen LogP contribution in [0.4, 0.5) is 14.5 Å². The summed E-state index contributed by atoms with van der Waals surface area (Å²) >= 11 is 1.05. The van der Waals surface area contributed by atoms with E-state index >= 15 is 0 Å². The molecule has 0 unspecified atom stereocenters. The highest BCUT2D eigenvalue weighted by Gasteiger charge is 2.17. The molecule has 1 heterocycles. The monoisotopic (exact) mass is 326 g/mol. The molecule has 2 aromatic rings. The van der Waals surface area contributed by atoms with Crippen LogP contribution in [0.5, 0.6) is 5.75 Å². The van der Waals surface area contributed by atoms with Crippen LogP contribution < -0.4 is 15.4 Å². The predicted molar refractivity (Wildman–Crippen MR) is 82.7 cm³/mol. The summed E-state index contributed by atoms with van der Waals surface area (Å²) < 4.78 is 28.9. The zero-order chi connectivity index (χ0) is 15.9. The van der Waals surface area contributed by atoms with E-state index in [2.05, 4.69) is 15.4 Å². The van der Waals surface area contributed by atoms with Crippen molar-refractivity contribution in [3.05, 3.63) is 46.2 Å². The summed E-state index contributed by atoms with van der Waals surface area (Å²) in [6.45, 7) is 0.594. The largest absolute Gasteiger partial charge is 0.433 e. The van der Waals surface area contributed by atoms with Crippen LogP contribution >= 0.6 is 11.3 Å². The number of thiophene rings is 1. The SMILES string of the molecule is CCNCc1cccc(NC(=O)c2sccc2OC(F)F)c1. The molecule has 0 saturated heterocycles. The number of halogens is 2. The average molecular weight is 326 g/mol. The molecule has 0 aliphatic heterocycles. The number of nitrogens with one attached hydrogen (secondary N) is 2. The molecule has 0 fully saturated rings. The molecule has 22 heavy (non-hydrogen) atoms. The molecule has 2 N–H and O–H groups in total. The fraction of sp³-hybridized carbons (Fsp3) is 0.267. The number of carbonyl (C=O) groups excluding carboxylic acids is 1. The molecule has 4 nitrogen and oxygen atoms in total. The minimum Gasteiger partial charge on any atom is -0.433 e. The molecule has 1 amide bonds. The first-order chi connectivity index (χ1) is 10.6. The lowest BCUT2D eigenvalue weighted by Crippen LogP contribution is -2.14. The lowest BCUT2D eigenvalue weighted by Gasteiger charge is -2.09. The van der Waals surface area contributed by atoms with Gasteiger partial charge in [-0.1, -0.05) is 19.1 Å². The third-order valence-electron chi connectivity index (χ3n) is 2.82. The van der Waals surface area contributed by atoms with Gasteiger partial charge in [0.25, 0.3) is 5.91 Å². The molecule has 118 valence electrons. The first-order valence-corrected chi connectivity index (χ1v) is 7.61. The van der Waals surface area contributed by atoms with Crippen LogP contribution in [0, 0.1) is 0 Å². The van der Waals surface area contributed by atoms with E-state index in [0.717, 1.165) is 23.4 Å². The number of amides is 1. The van der Waals surface area contributed by atoms with Crippen LogP contribution in [-0.2, 0) is 6.54 Å². The normalized spacial score (nSPS) is 10.7. The van der Waals surface area contributed by atoms with Crippen LogP contribution in [0.25, 0.3) is 0 Å². The van der Waals surface area contributed by atoms with Crippen LogP contribution in [0.1, 0.15) is 22.2 Å². The highest BCUT2D eigenvalue weighted by atomic mass is 32.1. The zero-order valence-corrected chi connectivity index (χ0v) is 12.8. The summed E-state index contributed by atoms with van der Waals surface area (Å²) in [5.41, 5.74) is 1.63. The minimum atomic E-state index is -2.95. The number of ether oxygens (including phenoxy) is 1. The molecule has 2 rings (SSSR count). The summed E-state index contributed by atoms with van der Waals surface area (Å²) in [5.74, 6) is -0.576. The van der Waals surface area contributed by atoms with Crippen molar-refractivity contribution in [3.63, 3.8) is 0 Å². The van der Waals surface area contributed by atoms with E-state index in [1.54, 1.807) is 6.07 Å². The summed E-state index contributed by atoms with van der Waals surface area (Å²) in [5, 5.41) is 7.42. The van der Waals surface area contributed by atoms with E-state index in [0.29, 0.717) is 12.2 Å². The summed E-state index contributed by atoms with van der Waals surface area (Å²) in [4.78, 5) is 12.3.